The third kappa shape index (κ3) is 4.10. The second-order valence-corrected chi connectivity index (χ2v) is 8.72. The van der Waals surface area contributed by atoms with Gasteiger partial charge in [0.15, 0.2) is 0 Å². The second-order valence-electron chi connectivity index (χ2n) is 4.33. The molecule has 2 atom stereocenters. The summed E-state index contributed by atoms with van der Waals surface area (Å²) >= 11 is 0. The van der Waals surface area contributed by atoms with Gasteiger partial charge < -0.3 is 9.16 Å². The van der Waals surface area contributed by atoms with E-state index in [-0.39, 0.29) is 11.7 Å². The van der Waals surface area contributed by atoms with E-state index in [4.69, 9.17) is 9.16 Å². The van der Waals surface area contributed by atoms with Gasteiger partial charge >= 0.3 is 5.97 Å². The maximum Gasteiger partial charge on any atom is 0.333 e. The summed E-state index contributed by atoms with van der Waals surface area (Å²) in [7, 11) is -0.225. The lowest BCUT2D eigenvalue weighted by Crippen LogP contribution is -2.48. The lowest BCUT2D eigenvalue weighted by Gasteiger charge is -2.32. The molecule has 0 aromatic rings. The Morgan fingerprint density at radius 1 is 1.44 bits per heavy atom. The predicted molar refractivity (Wildman–Crippen MR) is 68.7 cm³/mol. The SMILES string of the molecule is C=C(C)C(=O)OC(CCC)[Si](C)(CC)OC. The first kappa shape index (κ1) is 15.4. The van der Waals surface area contributed by atoms with Crippen LogP contribution >= 0.6 is 0 Å². The van der Waals surface area contributed by atoms with Crippen LogP contribution in [0.1, 0.15) is 33.6 Å². The molecule has 0 saturated heterocycles. The molecule has 2 unspecified atom stereocenters. The minimum atomic E-state index is -1.94. The van der Waals surface area contributed by atoms with Gasteiger partial charge in [-0.05, 0) is 25.9 Å². The Kier molecular flexibility index (Phi) is 6.60. The van der Waals surface area contributed by atoms with Gasteiger partial charge in [0.1, 0.15) is 5.73 Å². The van der Waals surface area contributed by atoms with Gasteiger partial charge in [0.2, 0.25) is 8.32 Å². The Morgan fingerprint density at radius 3 is 2.31 bits per heavy atom. The van der Waals surface area contributed by atoms with Crippen LogP contribution in [-0.4, -0.2) is 27.1 Å². The molecule has 0 aliphatic carbocycles. The number of hydrogen-bond acceptors (Lipinski definition) is 3. The highest BCUT2D eigenvalue weighted by molar-refractivity contribution is 6.73. The molecule has 0 spiro atoms. The molecule has 0 N–H and O–H groups in total. The lowest BCUT2D eigenvalue weighted by molar-refractivity contribution is -0.141. The average molecular weight is 244 g/mol. The lowest BCUT2D eigenvalue weighted by atomic mass is 10.3. The van der Waals surface area contributed by atoms with Crippen LogP contribution in [0.15, 0.2) is 12.2 Å². The Morgan fingerprint density at radius 2 is 2.00 bits per heavy atom. The average Bonchev–Trinajstić information content (AvgIpc) is 2.27. The first-order valence-electron chi connectivity index (χ1n) is 5.82. The van der Waals surface area contributed by atoms with Crippen molar-refractivity contribution in [1.82, 2.24) is 0 Å². The third-order valence-corrected chi connectivity index (χ3v) is 7.10. The number of carbonyl (C=O) groups excluding carboxylic acids is 1. The molecule has 16 heavy (non-hydrogen) atoms. The van der Waals surface area contributed by atoms with E-state index in [2.05, 4.69) is 27.0 Å². The van der Waals surface area contributed by atoms with Crippen molar-refractivity contribution >= 4 is 14.3 Å². The molecule has 0 amide bonds. The van der Waals surface area contributed by atoms with Gasteiger partial charge in [-0.1, -0.05) is 26.8 Å². The summed E-state index contributed by atoms with van der Waals surface area (Å²) in [5.74, 6) is -0.303. The maximum absolute atomic E-state index is 11.6. The molecule has 0 rings (SSSR count). The fourth-order valence-corrected chi connectivity index (χ4v) is 3.75. The van der Waals surface area contributed by atoms with E-state index in [0.717, 1.165) is 18.9 Å². The van der Waals surface area contributed by atoms with Gasteiger partial charge in [-0.2, -0.15) is 0 Å². The molecule has 3 nitrogen and oxygen atoms in total. The predicted octanol–water partition coefficient (Wildman–Crippen LogP) is 3.06. The molecule has 94 valence electrons. The van der Waals surface area contributed by atoms with Crippen molar-refractivity contribution in [1.29, 1.82) is 0 Å². The first-order valence-corrected chi connectivity index (χ1v) is 8.52. The number of carbonyl (C=O) groups is 1. The van der Waals surface area contributed by atoms with Gasteiger partial charge in [-0.25, -0.2) is 4.79 Å². The van der Waals surface area contributed by atoms with E-state index >= 15 is 0 Å². The summed E-state index contributed by atoms with van der Waals surface area (Å²) in [4.78, 5) is 11.6. The van der Waals surface area contributed by atoms with E-state index < -0.39 is 8.32 Å². The Balaban J connectivity index is 4.72. The zero-order valence-corrected chi connectivity index (χ0v) is 12.1. The molecule has 0 aliphatic rings. The zero-order chi connectivity index (χ0) is 12.8. The summed E-state index contributed by atoms with van der Waals surface area (Å²) in [6, 6.07) is 0.942. The largest absolute Gasteiger partial charge is 0.460 e. The number of rotatable bonds is 7. The summed E-state index contributed by atoms with van der Waals surface area (Å²) in [6.45, 7) is 11.6. The molecule has 0 fully saturated rings. The van der Waals surface area contributed by atoms with E-state index in [1.54, 1.807) is 14.0 Å². The molecule has 0 heterocycles. The summed E-state index contributed by atoms with van der Waals surface area (Å²) in [5.41, 5.74) is 0.376. The standard InChI is InChI=1S/C12H24O3Si/c1-7-9-11(15-12(13)10(3)4)16(6,8-2)14-5/h11H,3,7-9H2,1-2,4-6H3. The van der Waals surface area contributed by atoms with Gasteiger partial charge in [0, 0.05) is 12.7 Å². The van der Waals surface area contributed by atoms with E-state index in [1.165, 1.54) is 0 Å². The van der Waals surface area contributed by atoms with Crippen molar-refractivity contribution < 1.29 is 14.0 Å². The fourth-order valence-electron chi connectivity index (χ4n) is 1.48. The smallest absolute Gasteiger partial charge is 0.333 e. The summed E-state index contributed by atoms with van der Waals surface area (Å²) in [5, 5.41) is 0. The monoisotopic (exact) mass is 244 g/mol. The molecule has 0 bridgehead atoms. The molecule has 4 heteroatoms. The highest BCUT2D eigenvalue weighted by atomic mass is 28.4. The van der Waals surface area contributed by atoms with E-state index in [1.807, 2.05) is 0 Å². The first-order chi connectivity index (χ1) is 7.41. The van der Waals surface area contributed by atoms with E-state index in [0.29, 0.717) is 5.57 Å². The van der Waals surface area contributed by atoms with Crippen LogP contribution < -0.4 is 0 Å². The van der Waals surface area contributed by atoms with Crippen molar-refractivity contribution in [2.75, 3.05) is 7.11 Å². The van der Waals surface area contributed by atoms with Gasteiger partial charge in [-0.3, -0.25) is 0 Å². The molecule has 0 aromatic carbocycles. The van der Waals surface area contributed by atoms with Gasteiger partial charge in [0.05, 0.1) is 0 Å². The van der Waals surface area contributed by atoms with Crippen LogP contribution in [0.5, 0.6) is 0 Å². The van der Waals surface area contributed by atoms with Crippen LogP contribution in [0.2, 0.25) is 12.6 Å². The van der Waals surface area contributed by atoms with Crippen LogP contribution in [0.25, 0.3) is 0 Å². The Hall–Kier alpha value is -0.613. The highest BCUT2D eigenvalue weighted by Crippen LogP contribution is 2.22. The summed E-state index contributed by atoms with van der Waals surface area (Å²) < 4.78 is 11.1. The number of ether oxygens (including phenoxy) is 1. The van der Waals surface area contributed by atoms with Crippen LogP contribution in [-0.2, 0) is 14.0 Å². The minimum Gasteiger partial charge on any atom is -0.460 e. The molecule has 0 radical (unpaired) electrons. The Labute approximate surface area is 100.0 Å². The molecule has 0 saturated carbocycles. The number of hydrogen-bond donors (Lipinski definition) is 0. The number of esters is 1. The minimum absolute atomic E-state index is 0.0725. The maximum atomic E-state index is 11.6. The van der Waals surface area contributed by atoms with Gasteiger partial charge in [-0.15, -0.1) is 0 Å². The van der Waals surface area contributed by atoms with Crippen molar-refractivity contribution in [3.05, 3.63) is 12.2 Å². The fraction of sp³-hybridized carbons (Fsp3) is 0.750. The van der Waals surface area contributed by atoms with Gasteiger partial charge in [0.25, 0.3) is 0 Å². The van der Waals surface area contributed by atoms with Crippen LogP contribution in [0.3, 0.4) is 0 Å². The molecule has 0 aliphatic heterocycles. The van der Waals surface area contributed by atoms with Crippen molar-refractivity contribution in [3.8, 4) is 0 Å². The third-order valence-electron chi connectivity index (χ3n) is 3.00. The second kappa shape index (κ2) is 6.86. The molecular formula is C12H24O3Si. The van der Waals surface area contributed by atoms with E-state index in [9.17, 15) is 4.79 Å². The van der Waals surface area contributed by atoms with Crippen LogP contribution in [0.4, 0.5) is 0 Å². The molecular weight excluding hydrogens is 220 g/mol. The highest BCUT2D eigenvalue weighted by Gasteiger charge is 2.38. The van der Waals surface area contributed by atoms with Crippen molar-refractivity contribution in [2.24, 2.45) is 0 Å². The van der Waals surface area contributed by atoms with Crippen molar-refractivity contribution in [3.63, 3.8) is 0 Å². The quantitative estimate of drug-likeness (QED) is 0.392. The van der Waals surface area contributed by atoms with Crippen LogP contribution in [0, 0.1) is 0 Å². The normalized spacial score (nSPS) is 16.3. The zero-order valence-electron chi connectivity index (χ0n) is 11.1. The molecule has 0 aromatic heterocycles. The van der Waals surface area contributed by atoms with Crippen molar-refractivity contribution in [2.45, 2.75) is 51.9 Å². The topological polar surface area (TPSA) is 35.5 Å². The Bertz CT molecular complexity index is 247. The summed E-state index contributed by atoms with van der Waals surface area (Å²) in [6.07, 6.45) is 1.85.